The summed E-state index contributed by atoms with van der Waals surface area (Å²) < 4.78 is 0. The number of carbonyl (C=O) groups excluding carboxylic acids is 1. The van der Waals surface area contributed by atoms with Crippen molar-refractivity contribution in [3.05, 3.63) is 23.7 Å². The highest BCUT2D eigenvalue weighted by molar-refractivity contribution is 5.98. The number of rotatable bonds is 5. The van der Waals surface area contributed by atoms with Gasteiger partial charge in [-0.2, -0.15) is 0 Å². The summed E-state index contributed by atoms with van der Waals surface area (Å²) in [4.78, 5) is 23.9. The average Bonchev–Trinajstić information content (AvgIpc) is 3.23. The van der Waals surface area contributed by atoms with E-state index in [-0.39, 0.29) is 6.61 Å². The lowest BCUT2D eigenvalue weighted by molar-refractivity contribution is -0.132. The van der Waals surface area contributed by atoms with Gasteiger partial charge in [0.2, 0.25) is 0 Å². The monoisotopic (exact) mass is 323 g/mol. The van der Waals surface area contributed by atoms with Crippen LogP contribution in [0, 0.1) is 0 Å². The molecule has 4 N–H and O–H groups in total. The van der Waals surface area contributed by atoms with Crippen molar-refractivity contribution >= 4 is 11.7 Å². The molecule has 0 radical (unpaired) electrons. The zero-order valence-corrected chi connectivity index (χ0v) is 12.7. The standard InChI is InChI=1S/C14H21N5O4/c20-8-10(21)9-23-17-14(22)11-7-15-19-6-3-12(16-13(11)19)18-4-1-2-5-18/h3,6,10,15,20-21H,1-2,4-5,7-9H2,(H,17,22). The van der Waals surface area contributed by atoms with Crippen LogP contribution >= 0.6 is 0 Å². The van der Waals surface area contributed by atoms with Gasteiger partial charge < -0.3 is 15.1 Å². The second-order valence-corrected chi connectivity index (χ2v) is 5.57. The maximum Gasteiger partial charge on any atom is 0.275 e. The molecule has 0 spiro atoms. The maximum atomic E-state index is 12.2. The molecule has 3 heterocycles. The number of aliphatic hydroxyl groups excluding tert-OH is 2. The first-order valence-electron chi connectivity index (χ1n) is 7.68. The van der Waals surface area contributed by atoms with E-state index in [0.717, 1.165) is 31.8 Å². The minimum absolute atomic E-state index is 0.176. The van der Waals surface area contributed by atoms with Gasteiger partial charge in [0.05, 0.1) is 12.2 Å². The van der Waals surface area contributed by atoms with E-state index in [1.54, 1.807) is 5.01 Å². The fourth-order valence-corrected chi connectivity index (χ4v) is 2.62. The number of aliphatic hydroxyl groups is 2. The Kier molecular flexibility index (Phi) is 4.91. The van der Waals surface area contributed by atoms with E-state index in [9.17, 15) is 9.90 Å². The Labute approximate surface area is 133 Å². The van der Waals surface area contributed by atoms with E-state index >= 15 is 0 Å². The van der Waals surface area contributed by atoms with Crippen LogP contribution in [0.2, 0.25) is 0 Å². The van der Waals surface area contributed by atoms with E-state index < -0.39 is 18.6 Å². The fourth-order valence-electron chi connectivity index (χ4n) is 2.62. The number of hydrogen-bond donors (Lipinski definition) is 4. The molecule has 1 atom stereocenters. The first-order chi connectivity index (χ1) is 11.2. The molecule has 23 heavy (non-hydrogen) atoms. The van der Waals surface area contributed by atoms with Crippen LogP contribution in [0.3, 0.4) is 0 Å². The maximum absolute atomic E-state index is 12.2. The van der Waals surface area contributed by atoms with E-state index in [0.29, 0.717) is 17.9 Å². The topological polar surface area (TPSA) is 110 Å². The van der Waals surface area contributed by atoms with Crippen LogP contribution in [0.1, 0.15) is 12.8 Å². The van der Waals surface area contributed by atoms with E-state index in [1.807, 2.05) is 12.3 Å². The highest BCUT2D eigenvalue weighted by Crippen LogP contribution is 2.22. The lowest BCUT2D eigenvalue weighted by atomic mass is 10.2. The van der Waals surface area contributed by atoms with Gasteiger partial charge in [0, 0.05) is 25.8 Å². The number of fused-ring (bicyclic) bond motifs is 1. The van der Waals surface area contributed by atoms with Crippen molar-refractivity contribution in [3.8, 4) is 0 Å². The number of carbonyl (C=O) groups is 1. The van der Waals surface area contributed by atoms with Crippen molar-refractivity contribution in [1.82, 2.24) is 20.8 Å². The Balaban J connectivity index is 1.67. The summed E-state index contributed by atoms with van der Waals surface area (Å²) in [6.07, 6.45) is 5.07. The second kappa shape index (κ2) is 7.09. The third-order valence-corrected chi connectivity index (χ3v) is 3.87. The smallest absolute Gasteiger partial charge is 0.275 e. The molecule has 9 nitrogen and oxygen atoms in total. The summed E-state index contributed by atoms with van der Waals surface area (Å²) >= 11 is 0. The number of aliphatic imine (C=N–C) groups is 1. The van der Waals surface area contributed by atoms with Crippen LogP contribution in [0.4, 0.5) is 0 Å². The van der Waals surface area contributed by atoms with E-state index in [2.05, 4.69) is 20.8 Å². The predicted molar refractivity (Wildman–Crippen MR) is 81.4 cm³/mol. The second-order valence-electron chi connectivity index (χ2n) is 5.57. The third-order valence-electron chi connectivity index (χ3n) is 3.87. The number of hydrogen-bond acceptors (Lipinski definition) is 8. The highest BCUT2D eigenvalue weighted by Gasteiger charge is 2.29. The number of nitrogens with zero attached hydrogens (tertiary/aromatic N) is 3. The largest absolute Gasteiger partial charge is 0.394 e. The van der Waals surface area contributed by atoms with Crippen LogP contribution < -0.4 is 10.9 Å². The van der Waals surface area contributed by atoms with Gasteiger partial charge in [-0.15, -0.1) is 0 Å². The molecule has 0 aliphatic carbocycles. The Bertz CT molecular complexity index is 553. The summed E-state index contributed by atoms with van der Waals surface area (Å²) in [7, 11) is 0. The van der Waals surface area contributed by atoms with E-state index in [1.165, 1.54) is 0 Å². The van der Waals surface area contributed by atoms with Crippen molar-refractivity contribution in [2.75, 3.05) is 32.8 Å². The first kappa shape index (κ1) is 15.9. The normalized spacial score (nSPS) is 21.6. The summed E-state index contributed by atoms with van der Waals surface area (Å²) in [5.41, 5.74) is 5.78. The average molecular weight is 323 g/mol. The third kappa shape index (κ3) is 3.53. The molecule has 0 aromatic heterocycles. The summed E-state index contributed by atoms with van der Waals surface area (Å²) in [6, 6.07) is 0. The van der Waals surface area contributed by atoms with Crippen molar-refractivity contribution in [2.45, 2.75) is 18.9 Å². The van der Waals surface area contributed by atoms with Crippen LogP contribution in [0.15, 0.2) is 28.7 Å². The van der Waals surface area contributed by atoms with Gasteiger partial charge in [0.15, 0.2) is 5.82 Å². The van der Waals surface area contributed by atoms with Crippen molar-refractivity contribution in [1.29, 1.82) is 0 Å². The van der Waals surface area contributed by atoms with Gasteiger partial charge in [-0.05, 0) is 18.9 Å². The number of hydrazine groups is 1. The van der Waals surface area contributed by atoms with Crippen LogP contribution in [0.5, 0.6) is 0 Å². The zero-order valence-electron chi connectivity index (χ0n) is 12.7. The number of likely N-dealkylation sites (tertiary alicyclic amines) is 1. The molecule has 0 bridgehead atoms. The molecule has 126 valence electrons. The van der Waals surface area contributed by atoms with Crippen molar-refractivity contribution < 1.29 is 19.8 Å². The van der Waals surface area contributed by atoms with E-state index in [4.69, 9.17) is 9.94 Å². The SMILES string of the molecule is O=C(NOCC(O)CO)C1=C2N=C(N3CCCC3)C=CN2NC1. The lowest BCUT2D eigenvalue weighted by Crippen LogP contribution is -2.33. The first-order valence-corrected chi connectivity index (χ1v) is 7.68. The summed E-state index contributed by atoms with van der Waals surface area (Å²) in [5, 5.41) is 19.6. The number of hydroxylamine groups is 1. The minimum Gasteiger partial charge on any atom is -0.394 e. The molecule has 0 aromatic rings. The molecular weight excluding hydrogens is 302 g/mol. The Morgan fingerprint density at radius 2 is 2.26 bits per heavy atom. The Morgan fingerprint density at radius 1 is 1.48 bits per heavy atom. The molecule has 0 aromatic carbocycles. The zero-order chi connectivity index (χ0) is 16.2. The Morgan fingerprint density at radius 3 is 3.00 bits per heavy atom. The molecule has 9 heteroatoms. The lowest BCUT2D eigenvalue weighted by Gasteiger charge is -2.24. The molecule has 1 saturated heterocycles. The van der Waals surface area contributed by atoms with Gasteiger partial charge in [-0.25, -0.2) is 15.9 Å². The van der Waals surface area contributed by atoms with Crippen molar-refractivity contribution in [2.24, 2.45) is 4.99 Å². The molecule has 0 saturated carbocycles. The molecular formula is C14H21N5O4. The van der Waals surface area contributed by atoms with Crippen molar-refractivity contribution in [3.63, 3.8) is 0 Å². The molecule has 1 unspecified atom stereocenters. The number of nitrogens with one attached hydrogen (secondary N) is 2. The molecule has 3 rings (SSSR count). The van der Waals surface area contributed by atoms with Gasteiger partial charge in [-0.1, -0.05) is 0 Å². The fraction of sp³-hybridized carbons (Fsp3) is 0.571. The van der Waals surface area contributed by atoms with Gasteiger partial charge in [0.1, 0.15) is 18.5 Å². The van der Waals surface area contributed by atoms with Gasteiger partial charge in [0.25, 0.3) is 5.91 Å². The van der Waals surface area contributed by atoms with Crippen LogP contribution in [-0.2, 0) is 9.63 Å². The number of amidine groups is 1. The van der Waals surface area contributed by atoms with Gasteiger partial charge in [-0.3, -0.25) is 14.6 Å². The summed E-state index contributed by atoms with van der Waals surface area (Å²) in [6.45, 7) is 1.70. The molecule has 3 aliphatic rings. The molecule has 1 amide bonds. The molecule has 1 fully saturated rings. The Hall–Kier alpha value is -1.94. The van der Waals surface area contributed by atoms with Crippen LogP contribution in [-0.4, -0.2) is 70.8 Å². The number of amides is 1. The molecule has 3 aliphatic heterocycles. The van der Waals surface area contributed by atoms with Crippen LogP contribution in [0.25, 0.3) is 0 Å². The van der Waals surface area contributed by atoms with Gasteiger partial charge >= 0.3 is 0 Å². The minimum atomic E-state index is -1.02. The highest BCUT2D eigenvalue weighted by atomic mass is 16.7. The quantitative estimate of drug-likeness (QED) is 0.453. The predicted octanol–water partition coefficient (Wildman–Crippen LogP) is -1.56. The summed E-state index contributed by atoms with van der Waals surface area (Å²) in [5.74, 6) is 0.998.